The van der Waals surface area contributed by atoms with Crippen molar-refractivity contribution in [2.75, 3.05) is 11.0 Å². The van der Waals surface area contributed by atoms with Crippen LogP contribution in [0.2, 0.25) is 0 Å². The number of sulfonamides is 1. The van der Waals surface area contributed by atoms with Crippen molar-refractivity contribution in [3.05, 3.63) is 102 Å². The first kappa shape index (κ1) is 20.9. The van der Waals surface area contributed by atoms with E-state index < -0.39 is 10.0 Å². The largest absolute Gasteiger partial charge is 0.284 e. The summed E-state index contributed by atoms with van der Waals surface area (Å²) >= 11 is 0. The molecule has 3 aromatic rings. The number of anilines is 1. The first-order valence-corrected chi connectivity index (χ1v) is 11.8. The average molecular weight is 406 g/mol. The molecule has 0 unspecified atom stereocenters. The van der Waals surface area contributed by atoms with Crippen LogP contribution in [0.15, 0.2) is 84.9 Å². The van der Waals surface area contributed by atoms with Gasteiger partial charge >= 0.3 is 0 Å². The predicted octanol–water partition coefficient (Wildman–Crippen LogP) is 6.21. The van der Waals surface area contributed by atoms with Gasteiger partial charge < -0.3 is 0 Å². The Balaban J connectivity index is 2.17. The van der Waals surface area contributed by atoms with E-state index in [9.17, 15) is 8.42 Å². The summed E-state index contributed by atoms with van der Waals surface area (Å²) in [5, 5.41) is 0. The average Bonchev–Trinajstić information content (AvgIpc) is 2.72. The van der Waals surface area contributed by atoms with Crippen molar-refractivity contribution in [3.8, 4) is 0 Å². The zero-order chi connectivity index (χ0) is 20.7. The Bertz CT molecular complexity index is 1050. The van der Waals surface area contributed by atoms with Crippen LogP contribution in [-0.4, -0.2) is 14.7 Å². The van der Waals surface area contributed by atoms with Gasteiger partial charge in [0.15, 0.2) is 0 Å². The fraction of sp³-hybridized carbons (Fsp3) is 0.200. The number of benzene rings is 3. The van der Waals surface area contributed by atoms with Gasteiger partial charge in [-0.2, -0.15) is 0 Å². The molecule has 3 nitrogen and oxygen atoms in total. The Kier molecular flexibility index (Phi) is 6.89. The van der Waals surface area contributed by atoms with Crippen molar-refractivity contribution in [2.24, 2.45) is 0 Å². The van der Waals surface area contributed by atoms with Crippen LogP contribution in [0, 0.1) is 0 Å². The highest BCUT2D eigenvalue weighted by Gasteiger charge is 2.14. The molecule has 0 amide bonds. The van der Waals surface area contributed by atoms with E-state index in [0.717, 1.165) is 36.6 Å². The maximum atomic E-state index is 11.5. The van der Waals surface area contributed by atoms with Gasteiger partial charge in [0.05, 0.1) is 6.26 Å². The Morgan fingerprint density at radius 3 is 1.79 bits per heavy atom. The molecule has 0 saturated heterocycles. The predicted molar refractivity (Wildman–Crippen MR) is 123 cm³/mol. The highest BCUT2D eigenvalue weighted by atomic mass is 32.2. The molecule has 0 spiro atoms. The van der Waals surface area contributed by atoms with Gasteiger partial charge in [0.2, 0.25) is 10.0 Å². The highest BCUT2D eigenvalue weighted by Crippen LogP contribution is 2.35. The lowest BCUT2D eigenvalue weighted by molar-refractivity contribution is 0.607. The summed E-state index contributed by atoms with van der Waals surface area (Å²) in [6.07, 6.45) is 4.37. The van der Waals surface area contributed by atoms with Gasteiger partial charge in [-0.05, 0) is 52.8 Å². The summed E-state index contributed by atoms with van der Waals surface area (Å²) in [5.74, 6) is 0. The zero-order valence-electron chi connectivity index (χ0n) is 16.9. The molecule has 0 heterocycles. The van der Waals surface area contributed by atoms with E-state index in [4.69, 9.17) is 0 Å². The summed E-state index contributed by atoms with van der Waals surface area (Å²) < 4.78 is 25.6. The van der Waals surface area contributed by atoms with Gasteiger partial charge in [0.25, 0.3) is 0 Å². The summed E-state index contributed by atoms with van der Waals surface area (Å²) in [7, 11) is -3.30. The zero-order valence-corrected chi connectivity index (χ0v) is 17.7. The van der Waals surface area contributed by atoms with Crippen LogP contribution in [0.25, 0.3) is 11.1 Å². The van der Waals surface area contributed by atoms with Crippen LogP contribution in [0.4, 0.5) is 5.69 Å². The third-order valence-corrected chi connectivity index (χ3v) is 5.35. The number of hydrogen-bond donors (Lipinski definition) is 1. The van der Waals surface area contributed by atoms with Crippen LogP contribution >= 0.6 is 0 Å². The Morgan fingerprint density at radius 1 is 0.759 bits per heavy atom. The van der Waals surface area contributed by atoms with Crippen LogP contribution in [0.5, 0.6) is 0 Å². The molecule has 0 aliphatic heterocycles. The fourth-order valence-electron chi connectivity index (χ4n) is 3.45. The molecule has 0 aliphatic carbocycles. The van der Waals surface area contributed by atoms with E-state index in [0.29, 0.717) is 5.69 Å². The van der Waals surface area contributed by atoms with Crippen molar-refractivity contribution in [2.45, 2.75) is 26.2 Å². The minimum Gasteiger partial charge on any atom is -0.284 e. The monoisotopic (exact) mass is 405 g/mol. The molecular weight excluding hydrogens is 378 g/mol. The number of nitrogens with one attached hydrogen (secondary N) is 1. The lowest BCUT2D eigenvalue weighted by atomic mass is 9.87. The summed E-state index contributed by atoms with van der Waals surface area (Å²) in [5.41, 5.74) is 6.52. The molecule has 1 N–H and O–H groups in total. The number of hydrogen-bond acceptors (Lipinski definition) is 2. The molecule has 3 aromatic carbocycles. The standard InChI is InChI=1S/C25H27NO2S/c1-3-4-15-24(20-11-7-5-8-12-20)25(21-13-9-6-10-14-21)22-16-18-23(19-17-22)26-29(2,27)28/h5-14,16-19,26H,3-4,15H2,1-2H3/b25-24-. The minimum atomic E-state index is -3.30. The molecule has 29 heavy (non-hydrogen) atoms. The molecule has 0 aliphatic rings. The lowest BCUT2D eigenvalue weighted by Gasteiger charge is -2.18. The van der Waals surface area contributed by atoms with Gasteiger partial charge in [0.1, 0.15) is 0 Å². The fourth-order valence-corrected chi connectivity index (χ4v) is 4.01. The quantitative estimate of drug-likeness (QED) is 0.453. The highest BCUT2D eigenvalue weighted by molar-refractivity contribution is 7.92. The smallest absolute Gasteiger partial charge is 0.229 e. The van der Waals surface area contributed by atoms with Gasteiger partial charge in [-0.15, -0.1) is 0 Å². The summed E-state index contributed by atoms with van der Waals surface area (Å²) in [6.45, 7) is 2.20. The van der Waals surface area contributed by atoms with Crippen molar-refractivity contribution in [1.82, 2.24) is 0 Å². The Labute approximate surface area is 174 Å². The van der Waals surface area contributed by atoms with E-state index in [1.54, 1.807) is 0 Å². The second kappa shape index (κ2) is 9.57. The Morgan fingerprint density at radius 2 is 1.28 bits per heavy atom. The first-order valence-electron chi connectivity index (χ1n) is 9.90. The summed E-state index contributed by atoms with van der Waals surface area (Å²) in [6, 6.07) is 28.5. The van der Waals surface area contributed by atoms with Crippen LogP contribution < -0.4 is 4.72 Å². The van der Waals surface area contributed by atoms with Crippen molar-refractivity contribution >= 4 is 26.9 Å². The second-order valence-electron chi connectivity index (χ2n) is 7.14. The van der Waals surface area contributed by atoms with Crippen molar-refractivity contribution < 1.29 is 8.42 Å². The maximum absolute atomic E-state index is 11.5. The molecule has 0 atom stereocenters. The van der Waals surface area contributed by atoms with Crippen molar-refractivity contribution in [3.63, 3.8) is 0 Å². The van der Waals surface area contributed by atoms with Gasteiger partial charge in [0, 0.05) is 5.69 Å². The SMILES string of the molecule is CCCC/C(=C(\c1ccccc1)c1ccc(NS(C)(=O)=O)cc1)c1ccccc1. The molecular formula is C25H27NO2S. The molecule has 3 rings (SSSR count). The van der Waals surface area contributed by atoms with E-state index in [2.05, 4.69) is 60.2 Å². The van der Waals surface area contributed by atoms with Gasteiger partial charge in [-0.3, -0.25) is 4.72 Å². The third-order valence-electron chi connectivity index (χ3n) is 4.74. The molecule has 0 radical (unpaired) electrons. The number of unbranched alkanes of at least 4 members (excludes halogenated alkanes) is 1. The minimum absolute atomic E-state index is 0.568. The second-order valence-corrected chi connectivity index (χ2v) is 8.89. The van der Waals surface area contributed by atoms with Gasteiger partial charge in [-0.1, -0.05) is 86.1 Å². The molecule has 0 aromatic heterocycles. The van der Waals surface area contributed by atoms with E-state index in [-0.39, 0.29) is 0 Å². The third kappa shape index (κ3) is 5.81. The number of allylic oxidation sites excluding steroid dienone is 1. The van der Waals surface area contributed by atoms with E-state index >= 15 is 0 Å². The number of rotatable bonds is 8. The molecule has 0 fully saturated rings. The maximum Gasteiger partial charge on any atom is 0.229 e. The normalized spacial score (nSPS) is 12.3. The molecule has 150 valence electrons. The van der Waals surface area contributed by atoms with E-state index in [1.807, 2.05) is 36.4 Å². The van der Waals surface area contributed by atoms with E-state index in [1.165, 1.54) is 16.7 Å². The van der Waals surface area contributed by atoms with Gasteiger partial charge in [-0.25, -0.2) is 8.42 Å². The molecule has 4 heteroatoms. The Hall–Kier alpha value is -2.85. The van der Waals surface area contributed by atoms with Crippen molar-refractivity contribution in [1.29, 1.82) is 0 Å². The molecule has 0 bridgehead atoms. The van der Waals surface area contributed by atoms with Crippen LogP contribution in [0.3, 0.4) is 0 Å². The lowest BCUT2D eigenvalue weighted by Crippen LogP contribution is -2.09. The van der Waals surface area contributed by atoms with Crippen LogP contribution in [-0.2, 0) is 10.0 Å². The summed E-state index contributed by atoms with van der Waals surface area (Å²) in [4.78, 5) is 0. The topological polar surface area (TPSA) is 46.2 Å². The first-order chi connectivity index (χ1) is 14.0. The molecule has 0 saturated carbocycles. The van der Waals surface area contributed by atoms with Crippen LogP contribution in [0.1, 0.15) is 42.9 Å².